The number of allylic oxidation sites excluding steroid dienone is 11. The fourth-order valence-electron chi connectivity index (χ4n) is 12.2. The Morgan fingerprint density at radius 2 is 1.39 bits per heavy atom. The van der Waals surface area contributed by atoms with Crippen molar-refractivity contribution in [1.82, 2.24) is 0 Å². The van der Waals surface area contributed by atoms with Gasteiger partial charge in [0.15, 0.2) is 0 Å². The summed E-state index contributed by atoms with van der Waals surface area (Å²) in [6.45, 7) is 0. The molecule has 4 aromatic rings. The Hall–Kier alpha value is -5.34. The smallest absolute Gasteiger partial charge is 0.0591 e. The van der Waals surface area contributed by atoms with Gasteiger partial charge >= 0.3 is 0 Å². The maximum Gasteiger partial charge on any atom is 0.0591 e. The van der Waals surface area contributed by atoms with E-state index >= 15 is 0 Å². The molecule has 12 rings (SSSR count). The highest BCUT2D eigenvalue weighted by atomic mass is 15.2. The van der Waals surface area contributed by atoms with Gasteiger partial charge in [0.2, 0.25) is 0 Å². The van der Waals surface area contributed by atoms with E-state index in [0.717, 1.165) is 19.3 Å². The van der Waals surface area contributed by atoms with Crippen LogP contribution in [0.2, 0.25) is 0 Å². The quantitative estimate of drug-likeness (QED) is 0.196. The first-order valence-corrected chi connectivity index (χ1v) is 20.6. The van der Waals surface area contributed by atoms with E-state index in [1.807, 2.05) is 0 Å². The second kappa shape index (κ2) is 12.1. The van der Waals surface area contributed by atoms with Gasteiger partial charge in [-0.1, -0.05) is 127 Å². The first-order chi connectivity index (χ1) is 26.8. The van der Waals surface area contributed by atoms with Crippen LogP contribution in [0, 0.1) is 23.7 Å². The van der Waals surface area contributed by atoms with Crippen molar-refractivity contribution < 1.29 is 0 Å². The van der Waals surface area contributed by atoms with E-state index in [9.17, 15) is 0 Å². The largest absolute Gasteiger partial charge is 0.338 e. The first kappa shape index (κ1) is 31.1. The van der Waals surface area contributed by atoms with Crippen molar-refractivity contribution in [2.45, 2.75) is 62.4 Å². The predicted octanol–water partition coefficient (Wildman–Crippen LogP) is 12.5. The molecule has 8 unspecified atom stereocenters. The van der Waals surface area contributed by atoms with E-state index in [4.69, 9.17) is 0 Å². The summed E-state index contributed by atoms with van der Waals surface area (Å²) in [5, 5.41) is 0. The molecular weight excluding hydrogens is 653 g/mol. The lowest BCUT2D eigenvalue weighted by molar-refractivity contribution is 0.314. The topological polar surface area (TPSA) is 6.48 Å². The third-order valence-corrected chi connectivity index (χ3v) is 14.5. The lowest BCUT2D eigenvalue weighted by atomic mass is 9.71. The molecule has 6 aliphatic carbocycles. The molecule has 0 bridgehead atoms. The van der Waals surface area contributed by atoms with Crippen molar-refractivity contribution in [1.29, 1.82) is 0 Å². The van der Waals surface area contributed by atoms with E-state index in [1.54, 1.807) is 16.8 Å². The maximum absolute atomic E-state index is 2.71. The average molecular weight is 699 g/mol. The number of para-hydroxylation sites is 2. The molecule has 2 heteroatoms. The zero-order valence-electron chi connectivity index (χ0n) is 30.8. The summed E-state index contributed by atoms with van der Waals surface area (Å²) >= 11 is 0. The third kappa shape index (κ3) is 4.52. The van der Waals surface area contributed by atoms with Crippen LogP contribution in [0.15, 0.2) is 175 Å². The van der Waals surface area contributed by atoms with Crippen LogP contribution in [0.4, 0.5) is 17.1 Å². The molecule has 0 saturated carbocycles. The first-order valence-electron chi connectivity index (χ1n) is 20.6. The van der Waals surface area contributed by atoms with Crippen molar-refractivity contribution in [3.05, 3.63) is 197 Å². The standard InChI is InChI=1S/C52H46N2/c1-2-11-36(12-3-1)53-48-19-8-6-15-41(48)43-27-23-34(31-50(43)53)35-24-28-44-42-16-7-9-20-49(42)54(51(44)32-35)37-25-21-33(22-26-37)38-29-30-47-40-14-5-4-13-39(40)46-18-10-17-45(38)52(46)47/h1-17,19-22,24-26,28,31,34-35,41,43-44,46,48,51H,18,23,27,29-30,32H2. The Morgan fingerprint density at radius 3 is 2.30 bits per heavy atom. The van der Waals surface area contributed by atoms with Crippen LogP contribution < -0.4 is 9.80 Å². The molecule has 0 radical (unpaired) electrons. The van der Waals surface area contributed by atoms with E-state index < -0.39 is 0 Å². The lowest BCUT2D eigenvalue weighted by Gasteiger charge is -2.39. The minimum absolute atomic E-state index is 0.412. The van der Waals surface area contributed by atoms with Gasteiger partial charge in [-0.05, 0) is 125 Å². The average Bonchev–Trinajstić information content (AvgIpc) is 3.87. The van der Waals surface area contributed by atoms with Gasteiger partial charge in [-0.25, -0.2) is 0 Å². The van der Waals surface area contributed by atoms with Gasteiger partial charge in [0.1, 0.15) is 0 Å². The Bertz CT molecular complexity index is 2400. The van der Waals surface area contributed by atoms with E-state index in [0.29, 0.717) is 47.6 Å². The number of fused-ring (bicyclic) bond motifs is 9. The van der Waals surface area contributed by atoms with E-state index in [2.05, 4.69) is 168 Å². The van der Waals surface area contributed by atoms with Crippen LogP contribution in [0.1, 0.15) is 72.6 Å². The molecule has 264 valence electrons. The monoisotopic (exact) mass is 698 g/mol. The normalized spacial score (nSPS) is 30.9. The summed E-state index contributed by atoms with van der Waals surface area (Å²) in [6, 6.07) is 40.1. The fraction of sp³-hybridized carbons (Fsp3) is 0.269. The van der Waals surface area contributed by atoms with Crippen LogP contribution >= 0.6 is 0 Å². The number of benzene rings is 4. The van der Waals surface area contributed by atoms with Crippen molar-refractivity contribution >= 4 is 28.2 Å². The van der Waals surface area contributed by atoms with Crippen LogP contribution in [0.3, 0.4) is 0 Å². The Balaban J connectivity index is 0.866. The Morgan fingerprint density at radius 1 is 0.611 bits per heavy atom. The summed E-state index contributed by atoms with van der Waals surface area (Å²) in [7, 11) is 0. The summed E-state index contributed by atoms with van der Waals surface area (Å²) in [5.74, 6) is 3.18. The highest BCUT2D eigenvalue weighted by Gasteiger charge is 2.48. The molecule has 1 fully saturated rings. The Kier molecular flexibility index (Phi) is 6.95. The number of anilines is 3. The van der Waals surface area contributed by atoms with E-state index in [1.165, 1.54) is 69.7 Å². The maximum atomic E-state index is 2.71. The fourth-order valence-corrected chi connectivity index (χ4v) is 12.2. The molecule has 2 nitrogen and oxygen atoms in total. The van der Waals surface area contributed by atoms with Crippen LogP contribution in [0.5, 0.6) is 0 Å². The summed E-state index contributed by atoms with van der Waals surface area (Å²) in [6.07, 6.45) is 29.3. The van der Waals surface area contributed by atoms with Crippen LogP contribution in [-0.2, 0) is 0 Å². The van der Waals surface area contributed by atoms with Gasteiger partial charge in [0.25, 0.3) is 0 Å². The zero-order chi connectivity index (χ0) is 35.3. The molecule has 8 atom stereocenters. The Labute approximate surface area is 319 Å². The van der Waals surface area contributed by atoms with Gasteiger partial charge in [-0.2, -0.15) is 0 Å². The minimum Gasteiger partial charge on any atom is -0.338 e. The van der Waals surface area contributed by atoms with Gasteiger partial charge in [0, 0.05) is 52.5 Å². The number of rotatable bonds is 4. The molecule has 4 aromatic carbocycles. The van der Waals surface area contributed by atoms with Crippen molar-refractivity contribution in [2.24, 2.45) is 23.7 Å². The predicted molar refractivity (Wildman–Crippen MR) is 224 cm³/mol. The zero-order valence-corrected chi connectivity index (χ0v) is 30.8. The second-order valence-electron chi connectivity index (χ2n) is 16.9. The molecule has 54 heavy (non-hydrogen) atoms. The summed E-state index contributed by atoms with van der Waals surface area (Å²) in [4.78, 5) is 5.38. The minimum atomic E-state index is 0.412. The molecule has 1 saturated heterocycles. The van der Waals surface area contributed by atoms with Gasteiger partial charge in [-0.3, -0.25) is 0 Å². The summed E-state index contributed by atoms with van der Waals surface area (Å²) in [5.41, 5.74) is 17.7. The number of nitrogens with zero attached hydrogens (tertiary/aromatic N) is 2. The van der Waals surface area contributed by atoms with E-state index in [-0.39, 0.29) is 0 Å². The van der Waals surface area contributed by atoms with Crippen molar-refractivity contribution in [3.8, 4) is 0 Å². The van der Waals surface area contributed by atoms with Gasteiger partial charge in [-0.15, -0.1) is 0 Å². The highest BCUT2D eigenvalue weighted by molar-refractivity contribution is 5.92. The SMILES string of the molecule is C1=CC2C3CCC(C4C=CC5c6ccccc6N(c6ccc(C7=C8C=CCC9C8=C(CC7)c7ccccc79)cc6)C5C4)C=C3N(c3ccccc3)C2C=C1. The van der Waals surface area contributed by atoms with Gasteiger partial charge in [0.05, 0.1) is 6.04 Å². The molecule has 0 spiro atoms. The van der Waals surface area contributed by atoms with Crippen molar-refractivity contribution in [3.63, 3.8) is 0 Å². The molecule has 0 aromatic heterocycles. The second-order valence-corrected chi connectivity index (χ2v) is 16.9. The van der Waals surface area contributed by atoms with Crippen molar-refractivity contribution in [2.75, 3.05) is 9.80 Å². The molecule has 8 aliphatic rings. The third-order valence-electron chi connectivity index (χ3n) is 14.5. The summed E-state index contributed by atoms with van der Waals surface area (Å²) < 4.78 is 0. The molecule has 2 aliphatic heterocycles. The van der Waals surface area contributed by atoms with Crippen LogP contribution in [0.25, 0.3) is 11.1 Å². The molecular formula is C52H46N2. The van der Waals surface area contributed by atoms with Crippen LogP contribution in [-0.4, -0.2) is 12.1 Å². The molecule has 2 heterocycles. The highest BCUT2D eigenvalue weighted by Crippen LogP contribution is 2.57. The van der Waals surface area contributed by atoms with Gasteiger partial charge < -0.3 is 9.80 Å². The lowest BCUT2D eigenvalue weighted by Crippen LogP contribution is -2.36. The number of hydrogen-bond acceptors (Lipinski definition) is 2. The number of hydrogen-bond donors (Lipinski definition) is 0. The molecule has 0 amide bonds. The molecule has 0 N–H and O–H groups in total.